The van der Waals surface area contributed by atoms with Gasteiger partial charge in [0.2, 0.25) is 5.91 Å². The predicted octanol–water partition coefficient (Wildman–Crippen LogP) is 2.21. The zero-order valence-corrected chi connectivity index (χ0v) is 11.2. The van der Waals surface area contributed by atoms with Crippen molar-refractivity contribution in [1.82, 2.24) is 4.98 Å². The van der Waals surface area contributed by atoms with Crippen molar-refractivity contribution in [3.05, 3.63) is 22.3 Å². The quantitative estimate of drug-likeness (QED) is 0.899. The Morgan fingerprint density at radius 1 is 1.53 bits per heavy atom. The van der Waals surface area contributed by atoms with Gasteiger partial charge >= 0.3 is 6.18 Å². The van der Waals surface area contributed by atoms with Gasteiger partial charge in [-0.1, -0.05) is 0 Å². The van der Waals surface area contributed by atoms with Crippen LogP contribution < -0.4 is 4.90 Å². The fourth-order valence-corrected chi connectivity index (χ4v) is 2.46. The summed E-state index contributed by atoms with van der Waals surface area (Å²) in [5.74, 6) is -0.315. The minimum absolute atomic E-state index is 0.106. The van der Waals surface area contributed by atoms with Crippen molar-refractivity contribution >= 4 is 27.7 Å². The Hall–Kier alpha value is -1.15. The molecule has 2 rings (SSSR count). The lowest BCUT2D eigenvalue weighted by Gasteiger charge is -2.18. The summed E-state index contributed by atoms with van der Waals surface area (Å²) in [5, 5.41) is 9.01. The smallest absolute Gasteiger partial charge is 0.396 e. The third kappa shape index (κ3) is 2.89. The number of anilines is 1. The highest BCUT2D eigenvalue weighted by atomic mass is 79.9. The van der Waals surface area contributed by atoms with Crippen LogP contribution in [0.15, 0.2) is 16.7 Å². The monoisotopic (exact) mass is 338 g/mol. The standard InChI is InChI=1S/C11H10BrF3N2O2/c12-8-2-7(11(13,14)15)3-16-10(8)17-4-6(5-18)1-9(17)19/h2-3,6,18H,1,4-5H2. The molecular weight excluding hydrogens is 329 g/mol. The number of halogens is 4. The molecule has 1 unspecified atom stereocenters. The van der Waals surface area contributed by atoms with Gasteiger partial charge in [-0.2, -0.15) is 13.2 Å². The van der Waals surface area contributed by atoms with Crippen LogP contribution in [-0.4, -0.2) is 29.1 Å². The van der Waals surface area contributed by atoms with Crippen molar-refractivity contribution in [3.8, 4) is 0 Å². The molecule has 0 saturated carbocycles. The Labute approximate surface area is 115 Å². The topological polar surface area (TPSA) is 53.4 Å². The number of alkyl halides is 3. The highest BCUT2D eigenvalue weighted by molar-refractivity contribution is 9.10. The van der Waals surface area contributed by atoms with Gasteiger partial charge in [0, 0.05) is 31.7 Å². The average Bonchev–Trinajstić information content (AvgIpc) is 2.69. The summed E-state index contributed by atoms with van der Waals surface area (Å²) < 4.78 is 37.6. The zero-order chi connectivity index (χ0) is 14.2. The lowest BCUT2D eigenvalue weighted by Crippen LogP contribution is -2.26. The SMILES string of the molecule is O=C1CC(CO)CN1c1ncc(C(F)(F)F)cc1Br. The Kier molecular flexibility index (Phi) is 3.82. The molecule has 1 aliphatic rings. The Morgan fingerprint density at radius 3 is 2.68 bits per heavy atom. The second-order valence-corrected chi connectivity index (χ2v) is 5.14. The molecule has 1 aromatic rings. The second kappa shape index (κ2) is 5.09. The van der Waals surface area contributed by atoms with Gasteiger partial charge in [0.25, 0.3) is 0 Å². The first kappa shape index (κ1) is 14.3. The minimum Gasteiger partial charge on any atom is -0.396 e. The summed E-state index contributed by atoms with van der Waals surface area (Å²) in [5.41, 5.74) is -0.881. The fraction of sp³-hybridized carbons (Fsp3) is 0.455. The first-order valence-electron chi connectivity index (χ1n) is 5.47. The molecular formula is C11H10BrF3N2O2. The molecule has 104 valence electrons. The maximum Gasteiger partial charge on any atom is 0.417 e. The molecule has 1 aliphatic heterocycles. The summed E-state index contributed by atoms with van der Waals surface area (Å²) in [7, 11) is 0. The van der Waals surface area contributed by atoms with E-state index in [1.807, 2.05) is 0 Å². The van der Waals surface area contributed by atoms with Crippen LogP contribution >= 0.6 is 15.9 Å². The number of aromatic nitrogens is 1. The third-order valence-corrected chi connectivity index (χ3v) is 3.45. The van der Waals surface area contributed by atoms with E-state index >= 15 is 0 Å². The molecule has 1 N–H and O–H groups in total. The van der Waals surface area contributed by atoms with E-state index in [1.54, 1.807) is 0 Å². The number of hydrogen-bond acceptors (Lipinski definition) is 3. The molecule has 1 atom stereocenters. The van der Waals surface area contributed by atoms with Crippen molar-refractivity contribution in [2.75, 3.05) is 18.1 Å². The highest BCUT2D eigenvalue weighted by Gasteiger charge is 2.35. The lowest BCUT2D eigenvalue weighted by atomic mass is 10.1. The van der Waals surface area contributed by atoms with E-state index in [2.05, 4.69) is 20.9 Å². The van der Waals surface area contributed by atoms with E-state index in [-0.39, 0.29) is 41.7 Å². The number of nitrogens with zero attached hydrogens (tertiary/aromatic N) is 2. The summed E-state index contributed by atoms with van der Waals surface area (Å²) in [4.78, 5) is 16.7. The maximum absolute atomic E-state index is 12.5. The molecule has 4 nitrogen and oxygen atoms in total. The van der Waals surface area contributed by atoms with Gasteiger partial charge in [-0.15, -0.1) is 0 Å². The third-order valence-electron chi connectivity index (χ3n) is 2.87. The fourth-order valence-electron chi connectivity index (χ4n) is 1.89. The number of hydrogen-bond donors (Lipinski definition) is 1. The number of carbonyl (C=O) groups is 1. The maximum atomic E-state index is 12.5. The normalized spacial score (nSPS) is 20.2. The molecule has 0 aliphatic carbocycles. The van der Waals surface area contributed by atoms with Crippen molar-refractivity contribution in [2.45, 2.75) is 12.6 Å². The summed E-state index contributed by atoms with van der Waals surface area (Å²) in [6, 6.07) is 0.891. The second-order valence-electron chi connectivity index (χ2n) is 4.28. The number of pyridine rings is 1. The largest absolute Gasteiger partial charge is 0.417 e. The van der Waals surface area contributed by atoms with Gasteiger partial charge in [-0.25, -0.2) is 4.98 Å². The molecule has 8 heteroatoms. The van der Waals surface area contributed by atoms with Gasteiger partial charge in [-0.05, 0) is 22.0 Å². The number of rotatable bonds is 2. The Bertz CT molecular complexity index is 507. The van der Waals surface area contributed by atoms with E-state index in [0.29, 0.717) is 6.20 Å². The lowest BCUT2D eigenvalue weighted by molar-refractivity contribution is -0.137. The van der Waals surface area contributed by atoms with Crippen molar-refractivity contribution < 1.29 is 23.1 Å². The van der Waals surface area contributed by atoms with E-state index in [0.717, 1.165) is 6.07 Å². The summed E-state index contributed by atoms with van der Waals surface area (Å²) in [6.45, 7) is 0.118. The van der Waals surface area contributed by atoms with E-state index < -0.39 is 11.7 Å². The molecule has 0 bridgehead atoms. The van der Waals surface area contributed by atoms with Crippen LogP contribution in [0.3, 0.4) is 0 Å². The average molecular weight is 339 g/mol. The van der Waals surface area contributed by atoms with Gasteiger partial charge < -0.3 is 5.11 Å². The number of carbonyl (C=O) groups excluding carboxylic acids is 1. The molecule has 0 aromatic carbocycles. The zero-order valence-electron chi connectivity index (χ0n) is 9.62. The number of aliphatic hydroxyl groups excluding tert-OH is 1. The van der Waals surface area contributed by atoms with Crippen LogP contribution in [0.25, 0.3) is 0 Å². The Balaban J connectivity index is 2.30. The molecule has 1 fully saturated rings. The number of amides is 1. The van der Waals surface area contributed by atoms with Crippen LogP contribution in [0.2, 0.25) is 0 Å². The van der Waals surface area contributed by atoms with Crippen molar-refractivity contribution in [1.29, 1.82) is 0 Å². The molecule has 19 heavy (non-hydrogen) atoms. The minimum atomic E-state index is -4.48. The van der Waals surface area contributed by atoms with Crippen LogP contribution in [0.5, 0.6) is 0 Å². The van der Waals surface area contributed by atoms with E-state index in [4.69, 9.17) is 5.11 Å². The van der Waals surface area contributed by atoms with Crippen LogP contribution in [0, 0.1) is 5.92 Å². The first-order valence-corrected chi connectivity index (χ1v) is 6.26. The number of aliphatic hydroxyl groups is 1. The van der Waals surface area contributed by atoms with Crippen LogP contribution in [-0.2, 0) is 11.0 Å². The van der Waals surface area contributed by atoms with Crippen LogP contribution in [0.4, 0.5) is 19.0 Å². The van der Waals surface area contributed by atoms with Gasteiger partial charge in [0.15, 0.2) is 0 Å². The summed E-state index contributed by atoms with van der Waals surface area (Å²) >= 11 is 3.00. The van der Waals surface area contributed by atoms with Crippen LogP contribution in [0.1, 0.15) is 12.0 Å². The molecule has 1 aromatic heterocycles. The molecule has 0 radical (unpaired) electrons. The van der Waals surface area contributed by atoms with E-state index in [9.17, 15) is 18.0 Å². The molecule has 2 heterocycles. The first-order chi connectivity index (χ1) is 8.82. The predicted molar refractivity (Wildman–Crippen MR) is 64.5 cm³/mol. The highest BCUT2D eigenvalue weighted by Crippen LogP contribution is 2.35. The van der Waals surface area contributed by atoms with Gasteiger partial charge in [-0.3, -0.25) is 9.69 Å². The molecule has 1 saturated heterocycles. The van der Waals surface area contributed by atoms with E-state index in [1.165, 1.54) is 4.90 Å². The molecule has 0 spiro atoms. The van der Waals surface area contributed by atoms with Crippen molar-refractivity contribution in [2.24, 2.45) is 5.92 Å². The van der Waals surface area contributed by atoms with Gasteiger partial charge in [0.1, 0.15) is 5.82 Å². The summed E-state index contributed by atoms with van der Waals surface area (Å²) in [6.07, 6.45) is -3.61. The molecule has 1 amide bonds. The van der Waals surface area contributed by atoms with Gasteiger partial charge in [0.05, 0.1) is 10.0 Å². The van der Waals surface area contributed by atoms with Crippen molar-refractivity contribution in [3.63, 3.8) is 0 Å². The Morgan fingerprint density at radius 2 is 2.21 bits per heavy atom.